The molecule has 5 nitrogen and oxygen atoms in total. The van der Waals surface area contributed by atoms with Gasteiger partial charge in [0.15, 0.2) is 0 Å². The van der Waals surface area contributed by atoms with E-state index in [4.69, 9.17) is 26.3 Å². The molecule has 2 aromatic carbocycles. The predicted molar refractivity (Wildman–Crippen MR) is 76.2 cm³/mol. The molecule has 0 bridgehead atoms. The summed E-state index contributed by atoms with van der Waals surface area (Å²) in [5, 5.41) is 18.6. The first-order valence-corrected chi connectivity index (χ1v) is 6.21. The third-order valence-corrected chi connectivity index (χ3v) is 2.94. The molecule has 0 amide bonds. The molecule has 0 aliphatic carbocycles. The minimum atomic E-state index is -1.15. The van der Waals surface area contributed by atoms with E-state index in [1.807, 2.05) is 6.07 Å². The highest BCUT2D eigenvalue weighted by molar-refractivity contribution is 6.30. The van der Waals surface area contributed by atoms with Gasteiger partial charge in [-0.25, -0.2) is 4.79 Å². The third kappa shape index (κ3) is 3.25. The number of aromatic carboxylic acids is 1. The van der Waals surface area contributed by atoms with Crippen molar-refractivity contribution in [3.63, 3.8) is 0 Å². The summed E-state index contributed by atoms with van der Waals surface area (Å²) in [5.41, 5.74) is 0.207. The van der Waals surface area contributed by atoms with Gasteiger partial charge in [0.05, 0.1) is 12.7 Å². The number of halogens is 1. The van der Waals surface area contributed by atoms with Crippen molar-refractivity contribution < 1.29 is 19.4 Å². The number of carboxylic acid groups (broad SMARTS) is 1. The first kappa shape index (κ1) is 14.7. The first-order valence-electron chi connectivity index (χ1n) is 5.84. The van der Waals surface area contributed by atoms with E-state index in [0.717, 1.165) is 0 Å². The normalized spacial score (nSPS) is 9.76. The maximum absolute atomic E-state index is 11.2. The fourth-order valence-corrected chi connectivity index (χ4v) is 1.84. The average Bonchev–Trinajstić information content (AvgIpc) is 2.47. The van der Waals surface area contributed by atoms with Gasteiger partial charge in [-0.2, -0.15) is 5.26 Å². The Kier molecular flexibility index (Phi) is 4.31. The largest absolute Gasteiger partial charge is 0.497 e. The molecule has 0 aromatic heterocycles. The fraction of sp³-hybridized carbons (Fsp3) is 0.0667. The highest BCUT2D eigenvalue weighted by Crippen LogP contribution is 2.32. The Bertz CT molecular complexity index is 737. The Balaban J connectivity index is 2.50. The predicted octanol–water partition coefficient (Wildman–Crippen LogP) is 3.71. The van der Waals surface area contributed by atoms with Crippen LogP contribution in [-0.4, -0.2) is 18.2 Å². The van der Waals surface area contributed by atoms with Gasteiger partial charge >= 0.3 is 5.97 Å². The zero-order valence-electron chi connectivity index (χ0n) is 11.0. The Labute approximate surface area is 125 Å². The third-order valence-electron chi connectivity index (χ3n) is 2.70. The molecule has 0 unspecified atom stereocenters. The Morgan fingerprint density at radius 2 is 2.00 bits per heavy atom. The van der Waals surface area contributed by atoms with Crippen LogP contribution in [0.2, 0.25) is 5.02 Å². The molecule has 0 heterocycles. The number of benzene rings is 2. The topological polar surface area (TPSA) is 79.6 Å². The molecule has 0 radical (unpaired) electrons. The maximum Gasteiger partial charge on any atom is 0.339 e. The molecule has 0 aliphatic heterocycles. The molecule has 2 rings (SSSR count). The molecule has 1 N–H and O–H groups in total. The van der Waals surface area contributed by atoms with Crippen LogP contribution in [-0.2, 0) is 0 Å². The van der Waals surface area contributed by atoms with Crippen molar-refractivity contribution in [1.29, 1.82) is 5.26 Å². The number of hydrogen-bond donors (Lipinski definition) is 1. The highest BCUT2D eigenvalue weighted by Gasteiger charge is 2.15. The molecule has 0 aliphatic rings. The van der Waals surface area contributed by atoms with Gasteiger partial charge < -0.3 is 14.6 Å². The highest BCUT2D eigenvalue weighted by atomic mass is 35.5. The number of carbonyl (C=O) groups is 1. The van der Waals surface area contributed by atoms with Crippen LogP contribution in [0.4, 0.5) is 0 Å². The van der Waals surface area contributed by atoms with Gasteiger partial charge in [-0.05, 0) is 24.3 Å². The van der Waals surface area contributed by atoms with E-state index in [2.05, 4.69) is 0 Å². The van der Waals surface area contributed by atoms with Crippen LogP contribution in [0, 0.1) is 11.3 Å². The summed E-state index contributed by atoms with van der Waals surface area (Å²) in [5.74, 6) is -0.454. The summed E-state index contributed by atoms with van der Waals surface area (Å²) in [6, 6.07) is 10.8. The van der Waals surface area contributed by atoms with E-state index in [1.165, 1.54) is 37.4 Å². The summed E-state index contributed by atoms with van der Waals surface area (Å²) in [7, 11) is 1.46. The van der Waals surface area contributed by atoms with E-state index in [1.54, 1.807) is 6.07 Å². The van der Waals surface area contributed by atoms with E-state index >= 15 is 0 Å². The minimum Gasteiger partial charge on any atom is -0.497 e. The number of nitrogens with zero attached hydrogens (tertiary/aromatic N) is 1. The molecular formula is C15H10ClNO4. The van der Waals surface area contributed by atoms with Crippen molar-refractivity contribution in [3.05, 3.63) is 52.5 Å². The summed E-state index contributed by atoms with van der Waals surface area (Å²) in [4.78, 5) is 11.2. The average molecular weight is 304 g/mol. The zero-order chi connectivity index (χ0) is 15.4. The van der Waals surface area contributed by atoms with Crippen LogP contribution in [0.15, 0.2) is 36.4 Å². The molecule has 6 heteroatoms. The van der Waals surface area contributed by atoms with Crippen LogP contribution in [0.1, 0.15) is 15.9 Å². The van der Waals surface area contributed by atoms with Gasteiger partial charge in [-0.15, -0.1) is 0 Å². The molecule has 106 valence electrons. The Morgan fingerprint density at radius 3 is 2.62 bits per heavy atom. The summed E-state index contributed by atoms with van der Waals surface area (Å²) >= 11 is 5.87. The van der Waals surface area contributed by atoms with E-state index in [9.17, 15) is 9.90 Å². The van der Waals surface area contributed by atoms with Crippen LogP contribution in [0.5, 0.6) is 17.2 Å². The van der Waals surface area contributed by atoms with Gasteiger partial charge in [0.1, 0.15) is 28.9 Å². The minimum absolute atomic E-state index is 0.0420. The Hall–Kier alpha value is -2.71. The van der Waals surface area contributed by atoms with E-state index in [0.29, 0.717) is 10.8 Å². The molecule has 0 spiro atoms. The van der Waals surface area contributed by atoms with Gasteiger partial charge in [-0.3, -0.25) is 0 Å². The summed E-state index contributed by atoms with van der Waals surface area (Å²) < 4.78 is 10.6. The smallest absolute Gasteiger partial charge is 0.339 e. The molecule has 0 saturated heterocycles. The monoisotopic (exact) mass is 303 g/mol. The van der Waals surface area contributed by atoms with Crippen molar-refractivity contribution in [2.45, 2.75) is 0 Å². The summed E-state index contributed by atoms with van der Waals surface area (Å²) in [6.45, 7) is 0. The number of methoxy groups -OCH3 is 1. The van der Waals surface area contributed by atoms with Crippen molar-refractivity contribution in [3.8, 4) is 23.3 Å². The number of hydrogen-bond acceptors (Lipinski definition) is 4. The lowest BCUT2D eigenvalue weighted by atomic mass is 10.2. The molecule has 0 fully saturated rings. The fourth-order valence-electron chi connectivity index (χ4n) is 1.68. The van der Waals surface area contributed by atoms with Gasteiger partial charge in [0.2, 0.25) is 0 Å². The SMILES string of the molecule is COc1ccc(C(=O)O)c(Oc2cc(Cl)ccc2C#N)c1. The first-order chi connectivity index (χ1) is 10.0. The van der Waals surface area contributed by atoms with Gasteiger partial charge in [0.25, 0.3) is 0 Å². The quantitative estimate of drug-likeness (QED) is 0.931. The summed E-state index contributed by atoms with van der Waals surface area (Å²) in [6.07, 6.45) is 0. The lowest BCUT2D eigenvalue weighted by molar-refractivity contribution is 0.0694. The maximum atomic E-state index is 11.2. The van der Waals surface area contributed by atoms with Crippen LogP contribution < -0.4 is 9.47 Å². The molecule has 0 atom stereocenters. The Morgan fingerprint density at radius 1 is 1.24 bits per heavy atom. The van der Waals surface area contributed by atoms with Gasteiger partial charge in [0, 0.05) is 17.2 Å². The molecule has 2 aromatic rings. The lowest BCUT2D eigenvalue weighted by Gasteiger charge is -2.11. The van der Waals surface area contributed by atoms with Crippen molar-refractivity contribution in [2.24, 2.45) is 0 Å². The van der Waals surface area contributed by atoms with E-state index < -0.39 is 5.97 Å². The van der Waals surface area contributed by atoms with Gasteiger partial charge in [-0.1, -0.05) is 11.6 Å². The molecular weight excluding hydrogens is 294 g/mol. The standard InChI is InChI=1S/C15H10ClNO4/c1-20-11-4-5-12(15(18)19)14(7-11)21-13-6-10(16)3-2-9(13)8-17/h2-7H,1H3,(H,18,19). The van der Waals surface area contributed by atoms with Crippen LogP contribution >= 0.6 is 11.6 Å². The van der Waals surface area contributed by atoms with Crippen molar-refractivity contribution in [1.82, 2.24) is 0 Å². The van der Waals surface area contributed by atoms with Crippen molar-refractivity contribution in [2.75, 3.05) is 7.11 Å². The zero-order valence-corrected chi connectivity index (χ0v) is 11.7. The van der Waals surface area contributed by atoms with Crippen LogP contribution in [0.3, 0.4) is 0 Å². The number of rotatable bonds is 4. The number of nitriles is 1. The van der Waals surface area contributed by atoms with Crippen LogP contribution in [0.25, 0.3) is 0 Å². The van der Waals surface area contributed by atoms with E-state index in [-0.39, 0.29) is 22.6 Å². The lowest BCUT2D eigenvalue weighted by Crippen LogP contribution is -2.01. The van der Waals surface area contributed by atoms with Crippen molar-refractivity contribution >= 4 is 17.6 Å². The second-order valence-electron chi connectivity index (χ2n) is 4.02. The molecule has 0 saturated carbocycles. The second-order valence-corrected chi connectivity index (χ2v) is 4.46. The molecule has 21 heavy (non-hydrogen) atoms. The second kappa shape index (κ2) is 6.16. The number of carboxylic acids is 1. The number of ether oxygens (including phenoxy) is 2.